The Kier molecular flexibility index (Phi) is 13.5. The lowest BCUT2D eigenvalue weighted by Crippen LogP contribution is -2.38. The second-order valence-corrected chi connectivity index (χ2v) is 9.21. The van der Waals surface area contributed by atoms with E-state index in [1.807, 2.05) is 0 Å². The van der Waals surface area contributed by atoms with Crippen molar-refractivity contribution in [2.45, 2.75) is 123 Å². The van der Waals surface area contributed by atoms with E-state index in [4.69, 9.17) is 0 Å². The van der Waals surface area contributed by atoms with Crippen molar-refractivity contribution in [3.05, 3.63) is 48.3 Å². The van der Waals surface area contributed by atoms with Crippen molar-refractivity contribution in [3.8, 4) is 0 Å². The Morgan fingerprint density at radius 2 is 1.13 bits per heavy atom. The van der Waals surface area contributed by atoms with Crippen LogP contribution in [0.5, 0.6) is 0 Å². The predicted molar refractivity (Wildman–Crippen MR) is 132 cm³/mol. The maximum absolute atomic E-state index is 2.62. The number of benzene rings is 1. The van der Waals surface area contributed by atoms with Gasteiger partial charge in [0.15, 0.2) is 0 Å². The van der Waals surface area contributed by atoms with E-state index in [0.717, 1.165) is 6.54 Å². The van der Waals surface area contributed by atoms with Crippen LogP contribution in [-0.2, 0) is 6.54 Å². The average molecular weight is 413 g/mol. The Labute approximate surface area is 187 Å². The first-order valence-electron chi connectivity index (χ1n) is 13.1. The summed E-state index contributed by atoms with van der Waals surface area (Å²) in [4.78, 5) is 5.19. The minimum atomic E-state index is 0.556. The summed E-state index contributed by atoms with van der Waals surface area (Å²) in [7, 11) is 0. The van der Waals surface area contributed by atoms with Crippen molar-refractivity contribution in [1.29, 1.82) is 0 Å². The molecule has 1 aromatic carbocycles. The van der Waals surface area contributed by atoms with E-state index >= 15 is 0 Å². The number of nitrogens with zero attached hydrogens (tertiary/aromatic N) is 2. The third kappa shape index (κ3) is 10.0. The van der Waals surface area contributed by atoms with Gasteiger partial charge in [-0.05, 0) is 24.8 Å². The molecule has 0 saturated carbocycles. The standard InChI is InChI=1S/C28H48N2/c1-3-5-7-9-10-11-12-13-14-19-23-29-24-25-30(26-27-20-16-15-17-21-27)28(29)22-18-8-6-4-2/h15-17,20-21,24-25,28H,3-14,18-19,22-23,26H2,1-2H3. The molecular formula is C28H48N2. The second-order valence-electron chi connectivity index (χ2n) is 9.21. The van der Waals surface area contributed by atoms with Crippen LogP contribution in [0, 0.1) is 0 Å². The van der Waals surface area contributed by atoms with Gasteiger partial charge >= 0.3 is 0 Å². The largest absolute Gasteiger partial charge is 0.356 e. The Hall–Kier alpha value is -1.44. The van der Waals surface area contributed by atoms with Gasteiger partial charge in [-0.1, -0.05) is 121 Å². The summed E-state index contributed by atoms with van der Waals surface area (Å²) in [5.41, 5.74) is 1.42. The third-order valence-electron chi connectivity index (χ3n) is 6.51. The second kappa shape index (κ2) is 16.3. The van der Waals surface area contributed by atoms with E-state index in [-0.39, 0.29) is 0 Å². The summed E-state index contributed by atoms with van der Waals surface area (Å²) in [6.07, 6.45) is 26.1. The molecule has 0 fully saturated rings. The number of unbranched alkanes of at least 4 members (excludes halogenated alkanes) is 12. The van der Waals surface area contributed by atoms with E-state index < -0.39 is 0 Å². The number of hydrogen-bond acceptors (Lipinski definition) is 2. The fourth-order valence-electron chi connectivity index (χ4n) is 4.60. The van der Waals surface area contributed by atoms with Crippen LogP contribution in [0.4, 0.5) is 0 Å². The quantitative estimate of drug-likeness (QED) is 0.223. The molecular weight excluding hydrogens is 364 g/mol. The van der Waals surface area contributed by atoms with Gasteiger partial charge in [0.25, 0.3) is 0 Å². The van der Waals surface area contributed by atoms with Crippen molar-refractivity contribution in [2.24, 2.45) is 0 Å². The fourth-order valence-corrected chi connectivity index (χ4v) is 4.60. The highest BCUT2D eigenvalue weighted by atomic mass is 15.4. The molecule has 1 aliphatic rings. The molecule has 0 spiro atoms. The van der Waals surface area contributed by atoms with Crippen LogP contribution in [0.1, 0.15) is 116 Å². The predicted octanol–water partition coefficient (Wildman–Crippen LogP) is 8.49. The lowest BCUT2D eigenvalue weighted by Gasteiger charge is -2.33. The highest BCUT2D eigenvalue weighted by molar-refractivity contribution is 5.15. The molecule has 0 aromatic heterocycles. The van der Waals surface area contributed by atoms with Gasteiger partial charge in [-0.25, -0.2) is 0 Å². The Bertz CT molecular complexity index is 539. The smallest absolute Gasteiger partial charge is 0.101 e. The molecule has 30 heavy (non-hydrogen) atoms. The summed E-state index contributed by atoms with van der Waals surface area (Å²) in [5, 5.41) is 0. The molecule has 1 aliphatic heterocycles. The minimum absolute atomic E-state index is 0.556. The normalized spacial score (nSPS) is 16.0. The SMILES string of the molecule is CCCCCCCCCCCCN1C=CN(Cc2ccccc2)C1CCCCCC. The Balaban J connectivity index is 1.67. The fraction of sp³-hybridized carbons (Fsp3) is 0.714. The minimum Gasteiger partial charge on any atom is -0.356 e. The molecule has 0 amide bonds. The van der Waals surface area contributed by atoms with Gasteiger partial charge in [-0.2, -0.15) is 0 Å². The Morgan fingerprint density at radius 1 is 0.600 bits per heavy atom. The lowest BCUT2D eigenvalue weighted by atomic mass is 10.1. The van der Waals surface area contributed by atoms with Crippen molar-refractivity contribution < 1.29 is 0 Å². The number of rotatable bonds is 18. The first-order chi connectivity index (χ1) is 14.8. The van der Waals surface area contributed by atoms with Gasteiger partial charge in [0, 0.05) is 25.5 Å². The molecule has 1 heterocycles. The molecule has 170 valence electrons. The van der Waals surface area contributed by atoms with E-state index in [0.29, 0.717) is 6.17 Å². The third-order valence-corrected chi connectivity index (χ3v) is 6.51. The van der Waals surface area contributed by atoms with Gasteiger partial charge in [-0.15, -0.1) is 0 Å². The van der Waals surface area contributed by atoms with Gasteiger partial charge in [-0.3, -0.25) is 0 Å². The molecule has 1 atom stereocenters. The average Bonchev–Trinajstić information content (AvgIpc) is 3.14. The van der Waals surface area contributed by atoms with Crippen molar-refractivity contribution in [3.63, 3.8) is 0 Å². The van der Waals surface area contributed by atoms with E-state index in [1.54, 1.807) is 0 Å². The van der Waals surface area contributed by atoms with Gasteiger partial charge < -0.3 is 9.80 Å². The highest BCUT2D eigenvalue weighted by Crippen LogP contribution is 2.24. The molecule has 0 radical (unpaired) electrons. The molecule has 1 unspecified atom stereocenters. The van der Waals surface area contributed by atoms with Crippen LogP contribution in [0.15, 0.2) is 42.7 Å². The van der Waals surface area contributed by atoms with E-state index in [1.165, 1.54) is 108 Å². The molecule has 2 nitrogen and oxygen atoms in total. The zero-order valence-corrected chi connectivity index (χ0v) is 20.0. The van der Waals surface area contributed by atoms with Crippen LogP contribution in [0.3, 0.4) is 0 Å². The van der Waals surface area contributed by atoms with E-state index in [2.05, 4.69) is 66.4 Å². The molecule has 0 saturated heterocycles. The molecule has 0 N–H and O–H groups in total. The van der Waals surface area contributed by atoms with Crippen LogP contribution in [-0.4, -0.2) is 22.5 Å². The maximum Gasteiger partial charge on any atom is 0.101 e. The van der Waals surface area contributed by atoms with Gasteiger partial charge in [0.05, 0.1) is 0 Å². The van der Waals surface area contributed by atoms with Crippen LogP contribution < -0.4 is 0 Å². The Morgan fingerprint density at radius 3 is 1.77 bits per heavy atom. The first-order valence-corrected chi connectivity index (χ1v) is 13.1. The van der Waals surface area contributed by atoms with Crippen molar-refractivity contribution in [1.82, 2.24) is 9.80 Å². The lowest BCUT2D eigenvalue weighted by molar-refractivity contribution is 0.132. The molecule has 0 bridgehead atoms. The molecule has 2 rings (SSSR count). The topological polar surface area (TPSA) is 6.48 Å². The van der Waals surface area contributed by atoms with Crippen LogP contribution in [0.25, 0.3) is 0 Å². The monoisotopic (exact) mass is 412 g/mol. The number of hydrogen-bond donors (Lipinski definition) is 0. The zero-order valence-electron chi connectivity index (χ0n) is 20.0. The van der Waals surface area contributed by atoms with E-state index in [9.17, 15) is 0 Å². The first kappa shape index (κ1) is 24.8. The summed E-state index contributed by atoms with van der Waals surface area (Å²) in [6.45, 7) is 6.85. The molecule has 1 aromatic rings. The summed E-state index contributed by atoms with van der Waals surface area (Å²) >= 11 is 0. The van der Waals surface area contributed by atoms with Crippen molar-refractivity contribution in [2.75, 3.05) is 6.54 Å². The highest BCUT2D eigenvalue weighted by Gasteiger charge is 2.25. The summed E-state index contributed by atoms with van der Waals surface area (Å²) in [5.74, 6) is 0. The van der Waals surface area contributed by atoms with Gasteiger partial charge in [0.2, 0.25) is 0 Å². The maximum atomic E-state index is 2.62. The summed E-state index contributed by atoms with van der Waals surface area (Å²) < 4.78 is 0. The zero-order chi connectivity index (χ0) is 21.3. The molecule has 0 aliphatic carbocycles. The van der Waals surface area contributed by atoms with Crippen LogP contribution >= 0.6 is 0 Å². The summed E-state index contributed by atoms with van der Waals surface area (Å²) in [6, 6.07) is 10.9. The van der Waals surface area contributed by atoms with Crippen LogP contribution in [0.2, 0.25) is 0 Å². The van der Waals surface area contributed by atoms with Crippen molar-refractivity contribution >= 4 is 0 Å². The molecule has 2 heteroatoms. The van der Waals surface area contributed by atoms with Gasteiger partial charge in [0.1, 0.15) is 6.17 Å².